The molecule has 0 spiro atoms. The molecule has 1 aromatic heterocycles. The van der Waals surface area contributed by atoms with Crippen molar-refractivity contribution < 1.29 is 9.59 Å². The zero-order valence-corrected chi connectivity index (χ0v) is 16.7. The molecule has 1 aliphatic rings. The van der Waals surface area contributed by atoms with E-state index in [4.69, 9.17) is 17.3 Å². The van der Waals surface area contributed by atoms with Crippen molar-refractivity contribution in [3.63, 3.8) is 0 Å². The summed E-state index contributed by atoms with van der Waals surface area (Å²) in [7, 11) is 0. The third-order valence-electron chi connectivity index (χ3n) is 4.16. The van der Waals surface area contributed by atoms with Gasteiger partial charge in [-0.15, -0.1) is 11.3 Å². The van der Waals surface area contributed by atoms with Gasteiger partial charge in [0, 0.05) is 8.45 Å². The van der Waals surface area contributed by atoms with Crippen molar-refractivity contribution in [3.05, 3.63) is 48.4 Å². The van der Waals surface area contributed by atoms with Gasteiger partial charge in [-0.05, 0) is 71.5 Å². The van der Waals surface area contributed by atoms with Gasteiger partial charge in [-0.1, -0.05) is 18.5 Å². The normalized spacial score (nSPS) is 16.5. The van der Waals surface area contributed by atoms with E-state index in [1.807, 2.05) is 6.07 Å². The Balaban J connectivity index is 1.96. The maximum Gasteiger partial charge on any atom is 0.257 e. The molecule has 0 aliphatic heterocycles. The molecule has 3 rings (SSSR count). The number of thiophene rings is 1. The molecule has 24 heavy (non-hydrogen) atoms. The third-order valence-corrected chi connectivity index (χ3v) is 6.33. The molecule has 126 valence electrons. The van der Waals surface area contributed by atoms with E-state index in [1.54, 1.807) is 12.1 Å². The lowest BCUT2D eigenvalue weighted by molar-refractivity contribution is 0.1000. The van der Waals surface area contributed by atoms with Gasteiger partial charge in [0.15, 0.2) is 0 Å². The minimum atomic E-state index is -0.494. The number of hydrogen-bond donors (Lipinski definition) is 2. The van der Waals surface area contributed by atoms with Gasteiger partial charge in [-0.3, -0.25) is 9.59 Å². The van der Waals surface area contributed by atoms with Crippen LogP contribution in [0.15, 0.2) is 18.2 Å². The Hall–Kier alpha value is -1.12. The summed E-state index contributed by atoms with van der Waals surface area (Å²) in [6, 6.07) is 5.24. The summed E-state index contributed by atoms with van der Waals surface area (Å²) in [4.78, 5) is 25.7. The number of rotatable bonds is 3. The number of carbonyl (C=O) groups excluding carboxylic acids is 2. The predicted octanol–water partition coefficient (Wildman–Crippen LogP) is 4.48. The van der Waals surface area contributed by atoms with E-state index < -0.39 is 5.91 Å². The summed E-state index contributed by atoms with van der Waals surface area (Å²) in [5, 5.41) is 3.75. The number of hydrogen-bond acceptors (Lipinski definition) is 3. The van der Waals surface area contributed by atoms with E-state index in [1.165, 1.54) is 11.3 Å². The minimum Gasteiger partial charge on any atom is -0.365 e. The van der Waals surface area contributed by atoms with Crippen LogP contribution in [0.4, 0.5) is 5.00 Å². The zero-order chi connectivity index (χ0) is 17.4. The molecule has 1 aliphatic carbocycles. The Kier molecular flexibility index (Phi) is 5.17. The summed E-state index contributed by atoms with van der Waals surface area (Å²) in [5.41, 5.74) is 7.41. The average molecular weight is 475 g/mol. The molecule has 1 aromatic carbocycles. The maximum absolute atomic E-state index is 12.6. The van der Waals surface area contributed by atoms with Gasteiger partial charge < -0.3 is 11.1 Å². The summed E-state index contributed by atoms with van der Waals surface area (Å²) >= 11 is 9.70. The molecule has 0 bridgehead atoms. The topological polar surface area (TPSA) is 72.2 Å². The van der Waals surface area contributed by atoms with Crippen molar-refractivity contribution in [2.75, 3.05) is 5.32 Å². The van der Waals surface area contributed by atoms with Crippen molar-refractivity contribution in [2.24, 2.45) is 11.7 Å². The smallest absolute Gasteiger partial charge is 0.257 e. The molecule has 1 heterocycles. The molecule has 1 atom stereocenters. The lowest BCUT2D eigenvalue weighted by Gasteiger charge is -2.18. The predicted molar refractivity (Wildman–Crippen MR) is 106 cm³/mol. The van der Waals surface area contributed by atoms with E-state index >= 15 is 0 Å². The van der Waals surface area contributed by atoms with Gasteiger partial charge in [0.05, 0.1) is 16.1 Å². The number of primary amides is 1. The lowest BCUT2D eigenvalue weighted by atomic mass is 9.88. The highest BCUT2D eigenvalue weighted by atomic mass is 127. The number of nitrogens with one attached hydrogen (secondary N) is 1. The molecule has 2 aromatic rings. The maximum atomic E-state index is 12.6. The first-order valence-electron chi connectivity index (χ1n) is 7.57. The molecule has 2 amide bonds. The van der Waals surface area contributed by atoms with Gasteiger partial charge >= 0.3 is 0 Å². The SMILES string of the molecule is C[C@@H]1CCc2c(sc(NC(=O)c3cc(I)ccc3Cl)c2C(N)=O)C1. The number of benzene rings is 1. The van der Waals surface area contributed by atoms with Gasteiger partial charge in [0.2, 0.25) is 0 Å². The number of anilines is 1. The first-order valence-corrected chi connectivity index (χ1v) is 9.85. The molecular formula is C17H16ClIN2O2S. The van der Waals surface area contributed by atoms with Crippen LogP contribution in [0.5, 0.6) is 0 Å². The Bertz CT molecular complexity index is 834. The number of halogens is 2. The minimum absolute atomic E-state index is 0.326. The fourth-order valence-electron chi connectivity index (χ4n) is 2.94. The van der Waals surface area contributed by atoms with E-state index in [0.29, 0.717) is 27.1 Å². The molecule has 0 radical (unpaired) electrons. The molecule has 7 heteroatoms. The van der Waals surface area contributed by atoms with Crippen LogP contribution in [0.25, 0.3) is 0 Å². The number of carbonyl (C=O) groups is 2. The first-order chi connectivity index (χ1) is 11.4. The van der Waals surface area contributed by atoms with Crippen LogP contribution in [0, 0.1) is 9.49 Å². The van der Waals surface area contributed by atoms with Crippen LogP contribution in [-0.4, -0.2) is 11.8 Å². The lowest BCUT2D eigenvalue weighted by Crippen LogP contribution is -2.19. The quantitative estimate of drug-likeness (QED) is 0.644. The van der Waals surface area contributed by atoms with Gasteiger partial charge in [0.25, 0.3) is 11.8 Å². The van der Waals surface area contributed by atoms with Crippen molar-refractivity contribution in [2.45, 2.75) is 26.2 Å². The summed E-state index contributed by atoms with van der Waals surface area (Å²) < 4.78 is 0.913. The highest BCUT2D eigenvalue weighted by Gasteiger charge is 2.27. The van der Waals surface area contributed by atoms with Gasteiger partial charge in [-0.2, -0.15) is 0 Å². The summed E-state index contributed by atoms with van der Waals surface area (Å²) in [6.07, 6.45) is 2.77. The Morgan fingerprint density at radius 2 is 2.17 bits per heavy atom. The standard InChI is InChI=1S/C17H16ClIN2O2S/c1-8-2-4-10-13(6-8)24-17(14(10)15(20)22)21-16(23)11-7-9(19)3-5-12(11)18/h3,5,7-8H,2,4,6H2,1H3,(H2,20,22)(H,21,23)/t8-/m1/s1. The second kappa shape index (κ2) is 7.01. The number of fused-ring (bicyclic) bond motifs is 1. The largest absolute Gasteiger partial charge is 0.365 e. The molecule has 0 fully saturated rings. The van der Waals surface area contributed by atoms with E-state index in [2.05, 4.69) is 34.8 Å². The highest BCUT2D eigenvalue weighted by Crippen LogP contribution is 2.39. The molecule has 3 N–H and O–H groups in total. The van der Waals surface area contributed by atoms with E-state index in [9.17, 15) is 9.59 Å². The summed E-state index contributed by atoms with van der Waals surface area (Å²) in [5.74, 6) is -0.246. The Labute approximate surface area is 162 Å². The molecule has 4 nitrogen and oxygen atoms in total. The van der Waals surface area contributed by atoms with Crippen molar-refractivity contribution >= 4 is 62.3 Å². The fourth-order valence-corrected chi connectivity index (χ4v) is 5.05. The van der Waals surface area contributed by atoms with Crippen molar-refractivity contribution in [1.29, 1.82) is 0 Å². The van der Waals surface area contributed by atoms with Crippen LogP contribution in [0.1, 0.15) is 44.5 Å². The van der Waals surface area contributed by atoms with Crippen LogP contribution in [0.3, 0.4) is 0 Å². The molecule has 0 saturated heterocycles. The fraction of sp³-hybridized carbons (Fsp3) is 0.294. The van der Waals surface area contributed by atoms with E-state index in [0.717, 1.165) is 33.3 Å². The second-order valence-corrected chi connectivity index (χ2v) is 8.76. The highest BCUT2D eigenvalue weighted by molar-refractivity contribution is 14.1. The van der Waals surface area contributed by atoms with Gasteiger partial charge in [-0.25, -0.2) is 0 Å². The first kappa shape index (κ1) is 17.7. The van der Waals surface area contributed by atoms with Gasteiger partial charge in [0.1, 0.15) is 5.00 Å². The second-order valence-electron chi connectivity index (χ2n) is 6.00. The zero-order valence-electron chi connectivity index (χ0n) is 13.0. The molecule has 0 unspecified atom stereocenters. The third kappa shape index (κ3) is 3.45. The van der Waals surface area contributed by atoms with E-state index in [-0.39, 0.29) is 5.91 Å². The van der Waals surface area contributed by atoms with Crippen LogP contribution in [0.2, 0.25) is 5.02 Å². The number of amides is 2. The number of nitrogens with two attached hydrogens (primary N) is 1. The van der Waals surface area contributed by atoms with Crippen LogP contribution < -0.4 is 11.1 Å². The van der Waals surface area contributed by atoms with Crippen LogP contribution in [-0.2, 0) is 12.8 Å². The molecule has 0 saturated carbocycles. The average Bonchev–Trinajstić information content (AvgIpc) is 2.86. The molecular weight excluding hydrogens is 459 g/mol. The summed E-state index contributed by atoms with van der Waals surface area (Å²) in [6.45, 7) is 2.19. The Morgan fingerprint density at radius 3 is 2.88 bits per heavy atom. The van der Waals surface area contributed by atoms with Crippen molar-refractivity contribution in [1.82, 2.24) is 0 Å². The van der Waals surface area contributed by atoms with Crippen molar-refractivity contribution in [3.8, 4) is 0 Å². The Morgan fingerprint density at radius 1 is 1.42 bits per heavy atom. The van der Waals surface area contributed by atoms with Crippen LogP contribution >= 0.6 is 45.5 Å². The monoisotopic (exact) mass is 474 g/mol.